The zero-order chi connectivity index (χ0) is 19.3. The third-order valence-electron chi connectivity index (χ3n) is 5.47. The number of aryl methyl sites for hydroxylation is 1. The molecule has 2 aromatic heterocycles. The van der Waals surface area contributed by atoms with E-state index in [1.54, 1.807) is 11.0 Å². The Hall–Kier alpha value is -2.42. The molecule has 1 amide bonds. The number of nitrogens with zero attached hydrogens (tertiary/aromatic N) is 7. The number of amides is 1. The topological polar surface area (TPSA) is 70.4 Å². The van der Waals surface area contributed by atoms with Gasteiger partial charge in [0.15, 0.2) is 0 Å². The van der Waals surface area contributed by atoms with E-state index in [4.69, 9.17) is 0 Å². The predicted molar refractivity (Wildman–Crippen MR) is 108 cm³/mol. The number of hydrogen-bond donors (Lipinski definition) is 0. The Morgan fingerprint density at radius 3 is 2.82 bits per heavy atom. The molecule has 0 unspecified atom stereocenters. The van der Waals surface area contributed by atoms with Gasteiger partial charge in [-0.1, -0.05) is 0 Å². The van der Waals surface area contributed by atoms with Gasteiger partial charge in [0.25, 0.3) is 0 Å². The Balaban J connectivity index is 1.26. The number of carbonyl (C=O) groups excluding carboxylic acids is 1. The Kier molecular flexibility index (Phi) is 5.90. The molecule has 9 heteroatoms. The molecule has 4 heterocycles. The molecule has 0 N–H and O–H groups in total. The van der Waals surface area contributed by atoms with Crippen molar-refractivity contribution in [2.45, 2.75) is 39.3 Å². The van der Waals surface area contributed by atoms with Gasteiger partial charge in [0.05, 0.1) is 12.2 Å². The van der Waals surface area contributed by atoms with Gasteiger partial charge in [-0.25, -0.2) is 4.68 Å². The van der Waals surface area contributed by atoms with Gasteiger partial charge in [0.1, 0.15) is 6.33 Å². The fourth-order valence-corrected chi connectivity index (χ4v) is 4.71. The van der Waals surface area contributed by atoms with Crippen LogP contribution in [0.4, 0.5) is 0 Å². The van der Waals surface area contributed by atoms with Crippen LogP contribution in [0.15, 0.2) is 24.0 Å². The van der Waals surface area contributed by atoms with Gasteiger partial charge in [-0.15, -0.1) is 16.4 Å². The molecular formula is C19H27N7OS. The van der Waals surface area contributed by atoms with E-state index in [2.05, 4.69) is 49.9 Å². The molecule has 0 aromatic carbocycles. The van der Waals surface area contributed by atoms with E-state index in [0.717, 1.165) is 58.7 Å². The number of piperazine rings is 1. The number of thiophene rings is 1. The van der Waals surface area contributed by atoms with Crippen LogP contribution in [0.5, 0.6) is 0 Å². The van der Waals surface area contributed by atoms with Crippen LogP contribution in [0.25, 0.3) is 5.70 Å². The van der Waals surface area contributed by atoms with Crippen LogP contribution in [0.1, 0.15) is 36.6 Å². The summed E-state index contributed by atoms with van der Waals surface area (Å²) in [4.78, 5) is 20.8. The number of fused-ring (bicyclic) bond motifs is 1. The van der Waals surface area contributed by atoms with Crippen molar-refractivity contribution in [3.8, 4) is 0 Å². The molecule has 8 nitrogen and oxygen atoms in total. The van der Waals surface area contributed by atoms with Crippen LogP contribution in [0.3, 0.4) is 0 Å². The van der Waals surface area contributed by atoms with E-state index in [1.165, 1.54) is 16.1 Å². The zero-order valence-electron chi connectivity index (χ0n) is 16.3. The van der Waals surface area contributed by atoms with Crippen molar-refractivity contribution in [3.63, 3.8) is 0 Å². The van der Waals surface area contributed by atoms with Gasteiger partial charge in [-0.3, -0.25) is 4.79 Å². The minimum atomic E-state index is 0.264. The third-order valence-corrected chi connectivity index (χ3v) is 6.38. The first kappa shape index (κ1) is 18.9. The normalized spacial score (nSPS) is 16.9. The second-order valence-corrected chi connectivity index (χ2v) is 8.23. The van der Waals surface area contributed by atoms with Gasteiger partial charge in [-0.05, 0) is 41.6 Å². The van der Waals surface area contributed by atoms with E-state index in [9.17, 15) is 4.79 Å². The summed E-state index contributed by atoms with van der Waals surface area (Å²) in [5.41, 5.74) is 2.69. The first-order chi connectivity index (χ1) is 13.7. The lowest BCUT2D eigenvalue weighted by atomic mass is 10.1. The average Bonchev–Trinajstić information content (AvgIpc) is 3.42. The first-order valence-electron chi connectivity index (χ1n) is 10.0. The van der Waals surface area contributed by atoms with Crippen molar-refractivity contribution in [1.29, 1.82) is 0 Å². The highest BCUT2D eigenvalue weighted by molar-refractivity contribution is 7.10. The highest BCUT2D eigenvalue weighted by Crippen LogP contribution is 2.33. The highest BCUT2D eigenvalue weighted by Gasteiger charge is 2.26. The monoisotopic (exact) mass is 401 g/mol. The van der Waals surface area contributed by atoms with Crippen molar-refractivity contribution < 1.29 is 4.79 Å². The maximum atomic E-state index is 12.5. The molecule has 0 radical (unpaired) electrons. The fraction of sp³-hybridized carbons (Fsp3) is 0.579. The lowest BCUT2D eigenvalue weighted by molar-refractivity contribution is -0.132. The second-order valence-electron chi connectivity index (χ2n) is 7.23. The number of rotatable bonds is 7. The molecule has 0 aliphatic carbocycles. The van der Waals surface area contributed by atoms with Crippen molar-refractivity contribution in [2.75, 3.05) is 32.7 Å². The number of unbranched alkanes of at least 4 members (excludes halogenated alkanes) is 1. The summed E-state index contributed by atoms with van der Waals surface area (Å²) in [6.45, 7) is 8.38. The summed E-state index contributed by atoms with van der Waals surface area (Å²) in [7, 11) is 0. The van der Waals surface area contributed by atoms with Crippen molar-refractivity contribution in [3.05, 3.63) is 34.4 Å². The summed E-state index contributed by atoms with van der Waals surface area (Å²) in [5.74, 6) is 0.264. The molecule has 0 saturated carbocycles. The predicted octanol–water partition coefficient (Wildman–Crippen LogP) is 1.88. The van der Waals surface area contributed by atoms with Gasteiger partial charge < -0.3 is 14.7 Å². The minimum absolute atomic E-state index is 0.264. The molecule has 0 bridgehead atoms. The van der Waals surface area contributed by atoms with Crippen LogP contribution in [-0.2, 0) is 17.9 Å². The van der Waals surface area contributed by atoms with E-state index >= 15 is 0 Å². The van der Waals surface area contributed by atoms with E-state index < -0.39 is 0 Å². The first-order valence-corrected chi connectivity index (χ1v) is 10.9. The van der Waals surface area contributed by atoms with E-state index in [-0.39, 0.29) is 5.91 Å². The number of carbonyl (C=O) groups is 1. The molecule has 28 heavy (non-hydrogen) atoms. The van der Waals surface area contributed by atoms with Gasteiger partial charge in [-0.2, -0.15) is 0 Å². The Morgan fingerprint density at radius 1 is 1.21 bits per heavy atom. The smallest absolute Gasteiger partial charge is 0.222 e. The number of hydrogen-bond acceptors (Lipinski definition) is 7. The van der Waals surface area contributed by atoms with Crippen molar-refractivity contribution in [2.24, 2.45) is 0 Å². The molecule has 4 rings (SSSR count). The van der Waals surface area contributed by atoms with Crippen LogP contribution >= 0.6 is 11.3 Å². The molecule has 0 spiro atoms. The maximum absolute atomic E-state index is 12.5. The number of aromatic nitrogens is 4. The SMILES string of the molecule is CCN1C=C(N2CCN(C(=O)CCCCn3cnnn3)CC2)c2ccsc2C1. The van der Waals surface area contributed by atoms with Crippen LogP contribution in [0.2, 0.25) is 0 Å². The van der Waals surface area contributed by atoms with Crippen LogP contribution in [0, 0.1) is 0 Å². The van der Waals surface area contributed by atoms with Gasteiger partial charge in [0.2, 0.25) is 5.91 Å². The summed E-state index contributed by atoms with van der Waals surface area (Å²) < 4.78 is 1.71. The molecular weight excluding hydrogens is 374 g/mol. The Labute approximate surface area is 169 Å². The molecule has 2 aromatic rings. The summed E-state index contributed by atoms with van der Waals surface area (Å²) in [5, 5.41) is 13.3. The molecule has 2 aliphatic heterocycles. The standard InChI is InChI=1S/C19H27N7OS/c1-2-23-13-17(16-6-12-28-18(16)14-23)24-8-10-25(11-9-24)19(27)5-3-4-7-26-15-20-21-22-26/h6,12-13,15H,2-5,7-11,14H2,1H3. The molecule has 0 atom stereocenters. The minimum Gasteiger partial charge on any atom is -0.371 e. The van der Waals surface area contributed by atoms with Gasteiger partial charge >= 0.3 is 0 Å². The van der Waals surface area contributed by atoms with Crippen molar-refractivity contribution >= 4 is 22.9 Å². The highest BCUT2D eigenvalue weighted by atomic mass is 32.1. The Morgan fingerprint density at radius 2 is 2.07 bits per heavy atom. The second kappa shape index (κ2) is 8.72. The lowest BCUT2D eigenvalue weighted by Crippen LogP contribution is -2.48. The van der Waals surface area contributed by atoms with Gasteiger partial charge in [0, 0.05) is 62.3 Å². The molecule has 150 valence electrons. The Bertz CT molecular complexity index is 808. The molecule has 1 saturated heterocycles. The lowest BCUT2D eigenvalue weighted by Gasteiger charge is -2.39. The summed E-state index contributed by atoms with van der Waals surface area (Å²) in [6.07, 6.45) is 6.29. The summed E-state index contributed by atoms with van der Waals surface area (Å²) >= 11 is 1.84. The quantitative estimate of drug-likeness (QED) is 0.660. The average molecular weight is 402 g/mol. The van der Waals surface area contributed by atoms with E-state index in [0.29, 0.717) is 6.42 Å². The fourth-order valence-electron chi connectivity index (χ4n) is 3.81. The maximum Gasteiger partial charge on any atom is 0.222 e. The summed E-state index contributed by atoms with van der Waals surface area (Å²) in [6, 6.07) is 2.24. The zero-order valence-corrected chi connectivity index (χ0v) is 17.1. The molecule has 2 aliphatic rings. The molecule has 1 fully saturated rings. The largest absolute Gasteiger partial charge is 0.371 e. The van der Waals surface area contributed by atoms with Crippen LogP contribution in [-0.4, -0.2) is 73.5 Å². The van der Waals surface area contributed by atoms with Crippen molar-refractivity contribution in [1.82, 2.24) is 34.9 Å². The number of tetrazole rings is 1. The van der Waals surface area contributed by atoms with Crippen LogP contribution < -0.4 is 0 Å². The van der Waals surface area contributed by atoms with E-state index in [1.807, 2.05) is 16.2 Å². The third kappa shape index (κ3) is 4.19.